The van der Waals surface area contributed by atoms with Crippen molar-refractivity contribution in [3.8, 4) is 11.5 Å². The molecule has 0 bridgehead atoms. The van der Waals surface area contributed by atoms with Crippen LogP contribution in [-0.4, -0.2) is 37.7 Å². The Bertz CT molecular complexity index is 866. The van der Waals surface area contributed by atoms with Crippen LogP contribution in [0.5, 0.6) is 11.5 Å². The van der Waals surface area contributed by atoms with Gasteiger partial charge in [-0.3, -0.25) is 9.79 Å². The molecule has 0 fully saturated rings. The number of nitrogens with one attached hydrogen (secondary N) is 3. The quantitative estimate of drug-likeness (QED) is 0.203. The van der Waals surface area contributed by atoms with Crippen LogP contribution in [0, 0.1) is 0 Å². The minimum atomic E-state index is -0.259. The standard InChI is InChI=1S/C23H32N4O3.HI/c1-17(28)27-19-10-8-11-20(15-19)29-14-13-25-22(24-5)26-16-18-9-6-7-12-21(18)30-23(2,3)4;/h6-12,15H,13-14,16H2,1-5H3,(H,27,28)(H2,24,25,26);1H. The summed E-state index contributed by atoms with van der Waals surface area (Å²) in [6.45, 7) is 9.18. The smallest absolute Gasteiger partial charge is 0.221 e. The van der Waals surface area contributed by atoms with Crippen LogP contribution < -0.4 is 25.4 Å². The van der Waals surface area contributed by atoms with E-state index in [1.165, 1.54) is 6.92 Å². The zero-order valence-corrected chi connectivity index (χ0v) is 21.2. The predicted molar refractivity (Wildman–Crippen MR) is 137 cm³/mol. The highest BCUT2D eigenvalue weighted by Crippen LogP contribution is 2.22. The summed E-state index contributed by atoms with van der Waals surface area (Å²) in [5.41, 5.74) is 1.51. The molecular formula is C23H33IN4O3. The second-order valence-electron chi connectivity index (χ2n) is 7.73. The van der Waals surface area contributed by atoms with Crippen molar-refractivity contribution in [2.45, 2.75) is 39.8 Å². The number of aliphatic imine (C=N–C) groups is 1. The number of benzene rings is 2. The average Bonchev–Trinajstić information content (AvgIpc) is 2.67. The largest absolute Gasteiger partial charge is 0.492 e. The summed E-state index contributed by atoms with van der Waals surface area (Å²) in [6.07, 6.45) is 0. The molecule has 2 rings (SSSR count). The molecule has 0 atom stereocenters. The van der Waals surface area contributed by atoms with Gasteiger partial charge in [-0.2, -0.15) is 0 Å². The fourth-order valence-electron chi connectivity index (χ4n) is 2.68. The Morgan fingerprint density at radius 1 is 1.06 bits per heavy atom. The average molecular weight is 540 g/mol. The minimum Gasteiger partial charge on any atom is -0.492 e. The highest BCUT2D eigenvalue weighted by molar-refractivity contribution is 14.0. The summed E-state index contributed by atoms with van der Waals surface area (Å²) < 4.78 is 11.8. The second-order valence-corrected chi connectivity index (χ2v) is 7.73. The molecule has 7 nitrogen and oxygen atoms in total. The molecule has 170 valence electrons. The Kier molecular flexibility index (Phi) is 11.2. The number of ether oxygens (including phenoxy) is 2. The first kappa shape index (κ1) is 26.5. The number of guanidine groups is 1. The SMILES string of the molecule is CN=C(NCCOc1cccc(NC(C)=O)c1)NCc1ccccc1OC(C)(C)C.I. The van der Waals surface area contributed by atoms with Crippen molar-refractivity contribution in [1.29, 1.82) is 0 Å². The number of hydrogen-bond acceptors (Lipinski definition) is 4. The molecule has 0 aliphatic carbocycles. The molecule has 3 N–H and O–H groups in total. The lowest BCUT2D eigenvalue weighted by molar-refractivity contribution is -0.114. The maximum Gasteiger partial charge on any atom is 0.221 e. The minimum absolute atomic E-state index is 0. The molecule has 0 spiro atoms. The van der Waals surface area contributed by atoms with Crippen LogP contribution in [0.1, 0.15) is 33.3 Å². The van der Waals surface area contributed by atoms with E-state index >= 15 is 0 Å². The van der Waals surface area contributed by atoms with Crippen LogP contribution in [-0.2, 0) is 11.3 Å². The van der Waals surface area contributed by atoms with Crippen LogP contribution in [0.2, 0.25) is 0 Å². The molecule has 0 saturated heterocycles. The first-order valence-electron chi connectivity index (χ1n) is 9.99. The molecule has 0 heterocycles. The van der Waals surface area contributed by atoms with Gasteiger partial charge in [0.2, 0.25) is 5.91 Å². The number of anilines is 1. The number of amides is 1. The summed E-state index contributed by atoms with van der Waals surface area (Å²) in [5, 5.41) is 9.26. The summed E-state index contributed by atoms with van der Waals surface area (Å²) in [7, 11) is 1.73. The summed E-state index contributed by atoms with van der Waals surface area (Å²) in [5.74, 6) is 2.11. The van der Waals surface area contributed by atoms with Crippen molar-refractivity contribution in [2.24, 2.45) is 4.99 Å². The van der Waals surface area contributed by atoms with Crippen LogP contribution in [0.15, 0.2) is 53.5 Å². The molecule has 0 radical (unpaired) electrons. The van der Waals surface area contributed by atoms with Gasteiger partial charge in [0.05, 0.1) is 6.54 Å². The highest BCUT2D eigenvalue weighted by Gasteiger charge is 2.14. The zero-order chi connectivity index (χ0) is 22.0. The van der Waals surface area contributed by atoms with Gasteiger partial charge in [-0.05, 0) is 39.0 Å². The number of rotatable bonds is 8. The summed E-state index contributed by atoms with van der Waals surface area (Å²) >= 11 is 0. The summed E-state index contributed by atoms with van der Waals surface area (Å²) in [4.78, 5) is 15.4. The van der Waals surface area contributed by atoms with Crippen molar-refractivity contribution < 1.29 is 14.3 Å². The predicted octanol–water partition coefficient (Wildman–Crippen LogP) is 4.18. The third kappa shape index (κ3) is 10.4. The normalized spacial score (nSPS) is 11.2. The molecular weight excluding hydrogens is 507 g/mol. The topological polar surface area (TPSA) is 84.0 Å². The molecule has 0 unspecified atom stereocenters. The Labute approximate surface area is 202 Å². The van der Waals surface area contributed by atoms with Crippen LogP contribution in [0.3, 0.4) is 0 Å². The van der Waals surface area contributed by atoms with E-state index in [0.717, 1.165) is 11.3 Å². The van der Waals surface area contributed by atoms with Gasteiger partial charge < -0.3 is 25.4 Å². The van der Waals surface area contributed by atoms with Gasteiger partial charge in [0, 0.05) is 37.8 Å². The lowest BCUT2D eigenvalue weighted by atomic mass is 10.1. The van der Waals surface area contributed by atoms with E-state index in [9.17, 15) is 4.79 Å². The van der Waals surface area contributed by atoms with E-state index in [2.05, 4.69) is 20.9 Å². The maximum absolute atomic E-state index is 11.2. The van der Waals surface area contributed by atoms with Gasteiger partial charge in [0.15, 0.2) is 5.96 Å². The lowest BCUT2D eigenvalue weighted by Gasteiger charge is -2.23. The molecule has 1 amide bonds. The van der Waals surface area contributed by atoms with Crippen molar-refractivity contribution in [2.75, 3.05) is 25.5 Å². The van der Waals surface area contributed by atoms with Crippen molar-refractivity contribution in [3.05, 3.63) is 54.1 Å². The first-order chi connectivity index (χ1) is 14.3. The number of hydrogen-bond donors (Lipinski definition) is 3. The molecule has 0 aliphatic heterocycles. The Morgan fingerprint density at radius 3 is 2.48 bits per heavy atom. The van der Waals surface area contributed by atoms with E-state index < -0.39 is 0 Å². The van der Waals surface area contributed by atoms with E-state index in [1.807, 2.05) is 63.2 Å². The third-order valence-electron chi connectivity index (χ3n) is 3.88. The molecule has 8 heteroatoms. The number of nitrogens with zero attached hydrogens (tertiary/aromatic N) is 1. The number of halogens is 1. The Morgan fingerprint density at radius 2 is 1.81 bits per heavy atom. The molecule has 0 aromatic heterocycles. The van der Waals surface area contributed by atoms with Gasteiger partial charge in [-0.15, -0.1) is 24.0 Å². The van der Waals surface area contributed by atoms with E-state index in [4.69, 9.17) is 9.47 Å². The molecule has 2 aromatic rings. The molecule has 0 saturated carbocycles. The van der Waals surface area contributed by atoms with Crippen LogP contribution >= 0.6 is 24.0 Å². The van der Waals surface area contributed by atoms with Gasteiger partial charge >= 0.3 is 0 Å². The number of carbonyl (C=O) groups is 1. The lowest BCUT2D eigenvalue weighted by Crippen LogP contribution is -2.39. The van der Waals surface area contributed by atoms with Crippen molar-refractivity contribution >= 4 is 41.5 Å². The monoisotopic (exact) mass is 540 g/mol. The molecule has 0 aliphatic rings. The fourth-order valence-corrected chi connectivity index (χ4v) is 2.68. The number of para-hydroxylation sites is 1. The van der Waals surface area contributed by atoms with Gasteiger partial charge in [0.25, 0.3) is 0 Å². The van der Waals surface area contributed by atoms with E-state index in [0.29, 0.717) is 37.1 Å². The van der Waals surface area contributed by atoms with E-state index in [1.54, 1.807) is 13.1 Å². The number of carbonyl (C=O) groups excluding carboxylic acids is 1. The molecule has 31 heavy (non-hydrogen) atoms. The second kappa shape index (κ2) is 13.0. The van der Waals surface area contributed by atoms with Gasteiger partial charge in [-0.25, -0.2) is 0 Å². The third-order valence-corrected chi connectivity index (χ3v) is 3.88. The van der Waals surface area contributed by atoms with Crippen LogP contribution in [0.25, 0.3) is 0 Å². The molecule has 2 aromatic carbocycles. The van der Waals surface area contributed by atoms with E-state index in [-0.39, 0.29) is 35.5 Å². The zero-order valence-electron chi connectivity index (χ0n) is 18.8. The Balaban J connectivity index is 0.00000480. The van der Waals surface area contributed by atoms with Gasteiger partial charge in [-0.1, -0.05) is 24.3 Å². The highest BCUT2D eigenvalue weighted by atomic mass is 127. The summed E-state index contributed by atoms with van der Waals surface area (Å²) in [6, 6.07) is 15.3. The fraction of sp³-hybridized carbons (Fsp3) is 0.391. The Hall–Kier alpha value is -2.49. The van der Waals surface area contributed by atoms with Gasteiger partial charge in [0.1, 0.15) is 23.7 Å². The maximum atomic E-state index is 11.2. The van der Waals surface area contributed by atoms with Crippen molar-refractivity contribution in [1.82, 2.24) is 10.6 Å². The van der Waals surface area contributed by atoms with Crippen molar-refractivity contribution in [3.63, 3.8) is 0 Å². The van der Waals surface area contributed by atoms with Crippen LogP contribution in [0.4, 0.5) is 5.69 Å². The first-order valence-corrected chi connectivity index (χ1v) is 9.99.